The molecule has 48 heavy (non-hydrogen) atoms. The van der Waals surface area contributed by atoms with Crippen molar-refractivity contribution in [3.8, 4) is 16.9 Å². The molecular weight excluding hydrogens is 685 g/mol. The zero-order valence-electron chi connectivity index (χ0n) is 28.7. The van der Waals surface area contributed by atoms with Crippen molar-refractivity contribution in [3.63, 3.8) is 0 Å². The Kier molecular flexibility index (Phi) is 11.0. The van der Waals surface area contributed by atoms with Gasteiger partial charge in [-0.2, -0.15) is 10.1 Å². The molecule has 0 unspecified atom stereocenters. The number of hydrogen-bond acceptors (Lipinski definition) is 9. The van der Waals surface area contributed by atoms with Crippen LogP contribution in [0.4, 0.5) is 28.8 Å². The number of nitrogens with one attached hydrogen (secondary N) is 2. The first kappa shape index (κ1) is 34.4. The second-order valence-corrected chi connectivity index (χ2v) is 16.0. The van der Waals surface area contributed by atoms with E-state index in [2.05, 4.69) is 109 Å². The Bertz CT molecular complexity index is 1730. The maximum absolute atomic E-state index is 5.94. The van der Waals surface area contributed by atoms with Gasteiger partial charge >= 0.3 is 0 Å². The predicted octanol–water partition coefficient (Wildman–Crippen LogP) is 6.45. The summed E-state index contributed by atoms with van der Waals surface area (Å²) in [5.41, 5.74) is 6.52. The fourth-order valence-electron chi connectivity index (χ4n) is 6.67. The van der Waals surface area contributed by atoms with Crippen molar-refractivity contribution in [2.45, 2.75) is 25.3 Å². The van der Waals surface area contributed by atoms with Crippen LogP contribution in [-0.4, -0.2) is 102 Å². The normalized spacial score (nSPS) is 16.4. The predicted molar refractivity (Wildman–Crippen MR) is 205 cm³/mol. The van der Waals surface area contributed by atoms with Gasteiger partial charge in [0.2, 0.25) is 5.95 Å². The smallest absolute Gasteiger partial charge is 0.229 e. The minimum atomic E-state index is -0.397. The monoisotopic (exact) mass is 731 g/mol. The van der Waals surface area contributed by atoms with Crippen molar-refractivity contribution in [3.05, 3.63) is 71.6 Å². The van der Waals surface area contributed by atoms with E-state index in [1.54, 1.807) is 13.3 Å². The van der Waals surface area contributed by atoms with Gasteiger partial charge in [-0.25, -0.2) is 4.98 Å². The van der Waals surface area contributed by atoms with Crippen LogP contribution in [0.2, 0.25) is 0 Å². The van der Waals surface area contributed by atoms with E-state index in [9.17, 15) is 0 Å². The molecule has 4 aromatic rings. The third kappa shape index (κ3) is 7.86. The van der Waals surface area contributed by atoms with Gasteiger partial charge in [-0.3, -0.25) is 9.58 Å². The summed E-state index contributed by atoms with van der Waals surface area (Å²) in [5, 5.41) is 12.6. The van der Waals surface area contributed by atoms with Crippen LogP contribution in [0, 0.1) is 0 Å². The highest BCUT2D eigenvalue weighted by atomic mass is 79.9. The van der Waals surface area contributed by atoms with E-state index in [0.29, 0.717) is 17.8 Å². The summed E-state index contributed by atoms with van der Waals surface area (Å²) in [6, 6.07) is 11.5. The number of piperidine rings is 1. The molecule has 0 amide bonds. The first-order valence-electron chi connectivity index (χ1n) is 16.6. The molecule has 0 atom stereocenters. The van der Waals surface area contributed by atoms with Gasteiger partial charge in [-0.1, -0.05) is 20.1 Å². The molecule has 254 valence electrons. The summed E-state index contributed by atoms with van der Waals surface area (Å²) in [6.45, 7) is 15.3. The van der Waals surface area contributed by atoms with Gasteiger partial charge in [0.05, 0.1) is 23.5 Å². The van der Waals surface area contributed by atoms with Crippen molar-refractivity contribution in [1.82, 2.24) is 29.5 Å². The van der Waals surface area contributed by atoms with E-state index >= 15 is 0 Å². The van der Waals surface area contributed by atoms with E-state index < -0.39 is 7.92 Å². The van der Waals surface area contributed by atoms with Crippen LogP contribution in [0.3, 0.4) is 0 Å². The van der Waals surface area contributed by atoms with Crippen LogP contribution in [0.25, 0.3) is 11.1 Å². The zero-order valence-corrected chi connectivity index (χ0v) is 31.2. The number of likely N-dealkylation sites (N-methyl/N-ethyl adjacent to an activating group) is 1. The molecule has 2 aliphatic rings. The maximum Gasteiger partial charge on any atom is 0.229 e. The number of methoxy groups -OCH3 is 1. The van der Waals surface area contributed by atoms with E-state index in [-0.39, 0.29) is 0 Å². The lowest BCUT2D eigenvalue weighted by Gasteiger charge is -2.43. The number of aromatic nitrogens is 4. The van der Waals surface area contributed by atoms with Crippen molar-refractivity contribution >= 4 is 58.0 Å². The summed E-state index contributed by atoms with van der Waals surface area (Å²) in [7, 11) is 5.48. The number of ether oxygens (including phenoxy) is 1. The molecule has 0 radical (unpaired) electrons. The molecule has 0 bridgehead atoms. The number of aryl methyl sites for hydroxylation is 1. The summed E-state index contributed by atoms with van der Waals surface area (Å²) in [5.74, 6) is 1.92. The average Bonchev–Trinajstić information content (AvgIpc) is 3.53. The summed E-state index contributed by atoms with van der Waals surface area (Å²) < 4.78 is 8.55. The number of nitrogens with zero attached hydrogens (tertiary/aromatic N) is 7. The molecule has 0 aliphatic carbocycles. The van der Waals surface area contributed by atoms with Gasteiger partial charge in [0.1, 0.15) is 11.6 Å². The Balaban J connectivity index is 1.21. The molecule has 10 nitrogen and oxygen atoms in total. The number of allylic oxidation sites excluding steroid dienone is 1. The molecule has 0 spiro atoms. The number of rotatable bonds is 11. The molecule has 6 rings (SSSR count). The van der Waals surface area contributed by atoms with Crippen molar-refractivity contribution < 1.29 is 4.74 Å². The third-order valence-corrected chi connectivity index (χ3v) is 11.3. The maximum atomic E-state index is 5.94. The van der Waals surface area contributed by atoms with Crippen LogP contribution < -0.4 is 25.6 Å². The largest absolute Gasteiger partial charge is 0.494 e. The lowest BCUT2D eigenvalue weighted by atomic mass is 9.99. The number of benzene rings is 2. The van der Waals surface area contributed by atoms with Gasteiger partial charge in [0.15, 0.2) is 0 Å². The fraction of sp³-hybridized carbons (Fsp3) is 0.417. The highest BCUT2D eigenvalue weighted by Crippen LogP contribution is 2.38. The Morgan fingerprint density at radius 1 is 0.979 bits per heavy atom. The number of halogens is 1. The number of hydrogen-bond donors (Lipinski definition) is 2. The van der Waals surface area contributed by atoms with E-state index in [0.717, 1.165) is 65.3 Å². The van der Waals surface area contributed by atoms with Crippen molar-refractivity contribution in [1.29, 1.82) is 0 Å². The molecule has 2 saturated heterocycles. The van der Waals surface area contributed by atoms with Gasteiger partial charge in [0.25, 0.3) is 0 Å². The SMILES string of the molecule is C=CCc1cc(Nc2ncc(Br)c(Nc3ccc(-c4cnn(C)c4)cc3P(C)C)n2)c(OC)cc1N1CCC(N2CCN(C)CC2)CC1. The summed E-state index contributed by atoms with van der Waals surface area (Å²) >= 11 is 3.67. The summed E-state index contributed by atoms with van der Waals surface area (Å²) in [4.78, 5) is 17.1. The Morgan fingerprint density at radius 2 is 1.75 bits per heavy atom. The van der Waals surface area contributed by atoms with Crippen LogP contribution in [0.5, 0.6) is 5.75 Å². The lowest BCUT2D eigenvalue weighted by Crippen LogP contribution is -2.52. The highest BCUT2D eigenvalue weighted by Gasteiger charge is 2.28. The van der Waals surface area contributed by atoms with Gasteiger partial charge in [-0.15, -0.1) is 6.58 Å². The van der Waals surface area contributed by atoms with E-state index in [1.165, 1.54) is 42.5 Å². The summed E-state index contributed by atoms with van der Waals surface area (Å²) in [6.07, 6.45) is 10.8. The van der Waals surface area contributed by atoms with Crippen LogP contribution in [0.1, 0.15) is 18.4 Å². The minimum Gasteiger partial charge on any atom is -0.494 e. The Morgan fingerprint density at radius 3 is 2.42 bits per heavy atom. The van der Waals surface area contributed by atoms with E-state index in [4.69, 9.17) is 9.72 Å². The molecule has 2 aromatic heterocycles. The number of anilines is 5. The topological polar surface area (TPSA) is 86.6 Å². The Labute approximate surface area is 294 Å². The minimum absolute atomic E-state index is 0.397. The van der Waals surface area contributed by atoms with Crippen molar-refractivity contribution in [2.24, 2.45) is 7.05 Å². The standard InChI is InChI=1S/C36H47BrN9OP/c1-7-8-26-19-31(33(47-4)21-32(26)46-13-11-28(12-14-46)45-17-15-43(2)16-18-45)41-36-38-23-29(37)35(42-36)40-30-10-9-25(20-34(30)48(5)6)27-22-39-44(3)24-27/h7,9-10,19-24,28H,1,8,11-18H2,2-6H3,(H2,38,40,41,42). The molecule has 4 heterocycles. The quantitative estimate of drug-likeness (QED) is 0.134. The first-order valence-corrected chi connectivity index (χ1v) is 19.6. The zero-order chi connectivity index (χ0) is 33.8. The first-order chi connectivity index (χ1) is 23.2. The lowest BCUT2D eigenvalue weighted by molar-refractivity contribution is 0.0982. The highest BCUT2D eigenvalue weighted by molar-refractivity contribution is 9.10. The second kappa shape index (κ2) is 15.4. The molecule has 12 heteroatoms. The molecular formula is C36H47BrN9OP. The molecule has 2 aliphatic heterocycles. The molecule has 2 N–H and O–H groups in total. The second-order valence-electron chi connectivity index (χ2n) is 12.9. The van der Waals surface area contributed by atoms with Crippen LogP contribution in [0.15, 0.2) is 66.1 Å². The third-order valence-electron chi connectivity index (χ3n) is 9.39. The molecule has 2 fully saturated rings. The number of piperazine rings is 1. The van der Waals surface area contributed by atoms with Crippen LogP contribution >= 0.6 is 23.9 Å². The van der Waals surface area contributed by atoms with Crippen molar-refractivity contribution in [2.75, 3.05) is 82.3 Å². The fourth-order valence-corrected chi connectivity index (χ4v) is 7.97. The van der Waals surface area contributed by atoms with Crippen LogP contribution in [-0.2, 0) is 13.5 Å². The molecule has 2 aromatic carbocycles. The molecule has 0 saturated carbocycles. The van der Waals surface area contributed by atoms with Gasteiger partial charge < -0.3 is 25.2 Å². The van der Waals surface area contributed by atoms with Gasteiger partial charge in [-0.05, 0) is 90.2 Å². The van der Waals surface area contributed by atoms with Gasteiger partial charge in [0, 0.05) is 87.8 Å². The average molecular weight is 733 g/mol. The Hall–Kier alpha value is -3.50. The van der Waals surface area contributed by atoms with E-state index in [1.807, 2.05) is 30.2 Å².